The van der Waals surface area contributed by atoms with Crippen molar-refractivity contribution in [1.29, 1.82) is 0 Å². The number of thiazole rings is 2. The van der Waals surface area contributed by atoms with Gasteiger partial charge in [0.15, 0.2) is 10.3 Å². The first-order valence-corrected chi connectivity index (χ1v) is 12.5. The van der Waals surface area contributed by atoms with Crippen LogP contribution >= 0.6 is 34.3 Å². The first-order chi connectivity index (χ1) is 16.6. The van der Waals surface area contributed by atoms with Gasteiger partial charge in [-0.2, -0.15) is 0 Å². The number of aliphatic hydroxyl groups excluding tert-OH is 1. The van der Waals surface area contributed by atoms with E-state index in [1.807, 2.05) is 27.7 Å². The van der Waals surface area contributed by atoms with Crippen LogP contribution in [0.4, 0.5) is 16.0 Å². The SMILES string of the molecule is COc1ccc(Cl)cc1Nc1nc(-c2sc(NC(=O)C(C)(C)C)nc2C)c(-n2cc(CO)nn2)s1. The largest absolute Gasteiger partial charge is 0.495 e. The lowest BCUT2D eigenvalue weighted by Crippen LogP contribution is -2.27. The van der Waals surface area contributed by atoms with Crippen LogP contribution in [-0.2, 0) is 11.4 Å². The quantitative estimate of drug-likeness (QED) is 0.301. The maximum atomic E-state index is 12.5. The van der Waals surface area contributed by atoms with Crippen LogP contribution in [0.1, 0.15) is 32.2 Å². The van der Waals surface area contributed by atoms with Crippen molar-refractivity contribution >= 4 is 56.1 Å². The fraction of sp³-hybridized carbons (Fsp3) is 0.318. The Morgan fingerprint density at radius 3 is 2.66 bits per heavy atom. The second-order valence-corrected chi connectivity index (χ2v) is 11.0. The van der Waals surface area contributed by atoms with Crippen LogP contribution in [0, 0.1) is 12.3 Å². The Labute approximate surface area is 215 Å². The molecule has 3 aromatic heterocycles. The Balaban J connectivity index is 1.77. The van der Waals surface area contributed by atoms with E-state index in [9.17, 15) is 9.90 Å². The molecular formula is C22H24ClN7O3S2. The molecule has 184 valence electrons. The highest BCUT2D eigenvalue weighted by atomic mass is 35.5. The zero-order chi connectivity index (χ0) is 25.3. The number of aryl methyl sites for hydroxylation is 1. The minimum Gasteiger partial charge on any atom is -0.495 e. The van der Waals surface area contributed by atoms with Gasteiger partial charge in [0.2, 0.25) is 5.91 Å². The monoisotopic (exact) mass is 533 g/mol. The van der Waals surface area contributed by atoms with E-state index < -0.39 is 5.41 Å². The van der Waals surface area contributed by atoms with E-state index in [0.29, 0.717) is 48.8 Å². The highest BCUT2D eigenvalue weighted by Crippen LogP contribution is 2.42. The number of carbonyl (C=O) groups excluding carboxylic acids is 1. The molecule has 4 rings (SSSR count). The zero-order valence-electron chi connectivity index (χ0n) is 19.7. The normalized spacial score (nSPS) is 11.5. The van der Waals surface area contributed by atoms with E-state index in [1.165, 1.54) is 22.7 Å². The van der Waals surface area contributed by atoms with Crippen molar-refractivity contribution in [3.8, 4) is 21.3 Å². The summed E-state index contributed by atoms with van der Waals surface area (Å²) in [5, 5.41) is 26.0. The third-order valence-corrected chi connectivity index (χ3v) is 7.11. The van der Waals surface area contributed by atoms with Crippen molar-refractivity contribution in [2.24, 2.45) is 5.41 Å². The number of rotatable bonds is 7. The van der Waals surface area contributed by atoms with Crippen molar-refractivity contribution in [3.05, 3.63) is 40.8 Å². The molecule has 10 nitrogen and oxygen atoms in total. The molecule has 0 aliphatic carbocycles. The molecule has 0 atom stereocenters. The van der Waals surface area contributed by atoms with Crippen LogP contribution < -0.4 is 15.4 Å². The van der Waals surface area contributed by atoms with Gasteiger partial charge in [-0.25, -0.2) is 14.6 Å². The maximum Gasteiger partial charge on any atom is 0.231 e. The van der Waals surface area contributed by atoms with E-state index in [0.717, 1.165) is 4.88 Å². The molecule has 0 unspecified atom stereocenters. The number of aromatic nitrogens is 5. The van der Waals surface area contributed by atoms with E-state index in [-0.39, 0.29) is 12.5 Å². The van der Waals surface area contributed by atoms with Crippen molar-refractivity contribution in [1.82, 2.24) is 25.0 Å². The second kappa shape index (κ2) is 9.90. The molecular weight excluding hydrogens is 510 g/mol. The summed E-state index contributed by atoms with van der Waals surface area (Å²) in [5.74, 6) is 0.479. The highest BCUT2D eigenvalue weighted by Gasteiger charge is 2.25. The van der Waals surface area contributed by atoms with Crippen molar-refractivity contribution in [2.45, 2.75) is 34.3 Å². The first-order valence-electron chi connectivity index (χ1n) is 10.5. The second-order valence-electron chi connectivity index (χ2n) is 8.59. The Bertz CT molecular complexity index is 1370. The number of nitrogens with zero attached hydrogens (tertiary/aromatic N) is 5. The van der Waals surface area contributed by atoms with Gasteiger partial charge >= 0.3 is 0 Å². The van der Waals surface area contributed by atoms with Crippen molar-refractivity contribution in [2.75, 3.05) is 17.7 Å². The van der Waals surface area contributed by atoms with E-state index in [4.69, 9.17) is 21.3 Å². The van der Waals surface area contributed by atoms with Gasteiger partial charge in [0.1, 0.15) is 22.1 Å². The van der Waals surface area contributed by atoms with Gasteiger partial charge in [-0.05, 0) is 25.1 Å². The number of hydrogen-bond donors (Lipinski definition) is 3. The maximum absolute atomic E-state index is 12.5. The van der Waals surface area contributed by atoms with Gasteiger partial charge in [-0.1, -0.05) is 60.3 Å². The minimum atomic E-state index is -0.555. The standard InChI is InChI=1S/C22H24ClN7O3S2/c1-11-17(34-20(24-11)27-19(32)22(2,3)4)16-18(30-9-13(10-31)28-29-30)35-21(26-16)25-14-8-12(23)6-7-15(14)33-5/h6-9,31H,10H2,1-5H3,(H,25,26)(H,24,27,32). The number of hydrogen-bond acceptors (Lipinski definition) is 10. The fourth-order valence-corrected chi connectivity index (χ4v) is 5.08. The molecule has 13 heteroatoms. The summed E-state index contributed by atoms with van der Waals surface area (Å²) in [7, 11) is 1.58. The number of anilines is 3. The molecule has 3 N–H and O–H groups in total. The van der Waals surface area contributed by atoms with Crippen LogP contribution in [0.2, 0.25) is 5.02 Å². The molecule has 0 aliphatic rings. The van der Waals surface area contributed by atoms with Crippen LogP contribution in [0.5, 0.6) is 5.75 Å². The predicted octanol–water partition coefficient (Wildman–Crippen LogP) is 5.04. The average molecular weight is 534 g/mol. The van der Waals surface area contributed by atoms with Gasteiger partial charge in [-0.15, -0.1) is 5.10 Å². The molecule has 1 aromatic carbocycles. The summed E-state index contributed by atoms with van der Waals surface area (Å²) in [6, 6.07) is 5.26. The molecule has 0 fully saturated rings. The molecule has 0 radical (unpaired) electrons. The molecule has 0 aliphatic heterocycles. The minimum absolute atomic E-state index is 0.129. The molecule has 0 saturated heterocycles. The number of methoxy groups -OCH3 is 1. The Hall–Kier alpha value is -3.06. The van der Waals surface area contributed by atoms with Gasteiger partial charge in [0.05, 0.1) is 36.2 Å². The van der Waals surface area contributed by atoms with Gasteiger partial charge < -0.3 is 20.5 Å². The molecule has 1 amide bonds. The summed E-state index contributed by atoms with van der Waals surface area (Å²) in [6.45, 7) is 7.14. The summed E-state index contributed by atoms with van der Waals surface area (Å²) in [6.07, 6.45) is 1.64. The molecule has 3 heterocycles. The summed E-state index contributed by atoms with van der Waals surface area (Å²) in [5.41, 5.74) is 1.84. The summed E-state index contributed by atoms with van der Waals surface area (Å²) >= 11 is 8.85. The fourth-order valence-electron chi connectivity index (χ4n) is 2.99. The molecule has 35 heavy (non-hydrogen) atoms. The number of nitrogens with one attached hydrogen (secondary N) is 2. The summed E-state index contributed by atoms with van der Waals surface area (Å²) in [4.78, 5) is 22.6. The lowest BCUT2D eigenvalue weighted by atomic mass is 9.96. The smallest absolute Gasteiger partial charge is 0.231 e. The van der Waals surface area contributed by atoms with Gasteiger partial charge in [-0.3, -0.25) is 4.79 Å². The van der Waals surface area contributed by atoms with Gasteiger partial charge in [0.25, 0.3) is 0 Å². The average Bonchev–Trinajstić information content (AvgIpc) is 3.51. The Kier molecular flexibility index (Phi) is 7.08. The molecule has 0 spiro atoms. The lowest BCUT2D eigenvalue weighted by molar-refractivity contribution is -0.123. The highest BCUT2D eigenvalue weighted by molar-refractivity contribution is 7.21. The van der Waals surface area contributed by atoms with Crippen molar-refractivity contribution in [3.63, 3.8) is 0 Å². The van der Waals surface area contributed by atoms with Crippen LogP contribution in [0.15, 0.2) is 24.4 Å². The number of halogens is 1. The van der Waals surface area contributed by atoms with Crippen LogP contribution in [0.3, 0.4) is 0 Å². The number of carbonyl (C=O) groups is 1. The van der Waals surface area contributed by atoms with E-state index in [2.05, 4.69) is 25.9 Å². The summed E-state index contributed by atoms with van der Waals surface area (Å²) < 4.78 is 7.00. The third kappa shape index (κ3) is 5.45. The number of amides is 1. The molecule has 0 saturated carbocycles. The Morgan fingerprint density at radius 1 is 1.23 bits per heavy atom. The van der Waals surface area contributed by atoms with E-state index in [1.54, 1.807) is 36.2 Å². The van der Waals surface area contributed by atoms with Gasteiger partial charge in [0, 0.05) is 10.4 Å². The zero-order valence-corrected chi connectivity index (χ0v) is 22.1. The first kappa shape index (κ1) is 25.0. The lowest BCUT2D eigenvalue weighted by Gasteiger charge is -2.15. The molecule has 0 bridgehead atoms. The number of benzene rings is 1. The number of ether oxygens (including phenoxy) is 1. The Morgan fingerprint density at radius 2 is 2.00 bits per heavy atom. The third-order valence-electron chi connectivity index (χ3n) is 4.84. The molecule has 4 aromatic rings. The topological polar surface area (TPSA) is 127 Å². The van der Waals surface area contributed by atoms with Crippen molar-refractivity contribution < 1.29 is 14.6 Å². The van der Waals surface area contributed by atoms with Crippen LogP contribution in [0.25, 0.3) is 15.6 Å². The predicted molar refractivity (Wildman–Crippen MR) is 138 cm³/mol. The van der Waals surface area contributed by atoms with Crippen LogP contribution in [-0.4, -0.2) is 43.1 Å². The van der Waals surface area contributed by atoms with E-state index >= 15 is 0 Å². The number of aliphatic hydroxyl groups is 1.